The fraction of sp³-hybridized carbons (Fsp3) is 0.565. The summed E-state index contributed by atoms with van der Waals surface area (Å²) < 4.78 is 40.4. The number of fused-ring (bicyclic) bond motifs is 1. The van der Waals surface area contributed by atoms with E-state index in [0.717, 1.165) is 31.7 Å². The van der Waals surface area contributed by atoms with Crippen molar-refractivity contribution >= 4 is 22.5 Å². The van der Waals surface area contributed by atoms with Gasteiger partial charge >= 0.3 is 6.18 Å². The number of halogens is 3. The van der Waals surface area contributed by atoms with Crippen molar-refractivity contribution in [2.45, 2.75) is 63.2 Å². The van der Waals surface area contributed by atoms with E-state index in [2.05, 4.69) is 22.1 Å². The Balaban J connectivity index is 1.59. The van der Waals surface area contributed by atoms with Gasteiger partial charge in [0.1, 0.15) is 0 Å². The van der Waals surface area contributed by atoms with Crippen molar-refractivity contribution in [2.24, 2.45) is 11.7 Å². The molecule has 2 atom stereocenters. The lowest BCUT2D eigenvalue weighted by atomic mass is 9.81. The second-order valence-electron chi connectivity index (χ2n) is 9.16. The lowest BCUT2D eigenvalue weighted by molar-refractivity contribution is -0.136. The van der Waals surface area contributed by atoms with E-state index in [9.17, 15) is 18.0 Å². The summed E-state index contributed by atoms with van der Waals surface area (Å²) in [5, 5.41) is 3.61. The first kappa shape index (κ1) is 21.9. The van der Waals surface area contributed by atoms with E-state index < -0.39 is 17.3 Å². The lowest BCUT2D eigenvalue weighted by Gasteiger charge is -2.40. The van der Waals surface area contributed by atoms with E-state index in [0.29, 0.717) is 37.0 Å². The average molecular weight is 435 g/mol. The summed E-state index contributed by atoms with van der Waals surface area (Å²) in [7, 11) is 0. The average Bonchev–Trinajstić information content (AvgIpc) is 2.72. The van der Waals surface area contributed by atoms with E-state index in [4.69, 9.17) is 5.73 Å². The zero-order chi connectivity index (χ0) is 22.2. The maximum Gasteiger partial charge on any atom is 0.418 e. The maximum absolute atomic E-state index is 13.5. The molecule has 5 nitrogen and oxygen atoms in total. The van der Waals surface area contributed by atoms with Gasteiger partial charge in [0, 0.05) is 36.4 Å². The highest BCUT2D eigenvalue weighted by atomic mass is 19.4. The summed E-state index contributed by atoms with van der Waals surface area (Å²) in [6.07, 6.45) is 2.15. The lowest BCUT2D eigenvalue weighted by Crippen LogP contribution is -2.60. The topological polar surface area (TPSA) is 71.2 Å². The van der Waals surface area contributed by atoms with Gasteiger partial charge in [0.2, 0.25) is 5.91 Å². The number of carbonyl (C=O) groups excluding carboxylic acids is 1. The standard InChI is InChI=1S/C23H29F3N4O/c1-15-12-16(29-21(31)22(27)9-3-2-4-10-22)14-30(13-15)19-8-7-18(23(24,25)26)20-17(19)6-5-11-28-20/h5-8,11,15-16H,2-4,9-10,12-14,27H2,1H3,(H,29,31)/t15-,16+/m0/s1. The number of alkyl halides is 3. The van der Waals surface area contributed by atoms with Crippen LogP contribution >= 0.6 is 0 Å². The summed E-state index contributed by atoms with van der Waals surface area (Å²) in [5.74, 6) is 0.165. The molecule has 2 aromatic rings. The number of benzene rings is 1. The Labute approximate surface area is 180 Å². The normalized spacial score (nSPS) is 24.2. The zero-order valence-corrected chi connectivity index (χ0v) is 17.7. The van der Waals surface area contributed by atoms with Gasteiger partial charge in [0.15, 0.2) is 0 Å². The molecule has 1 aliphatic heterocycles. The molecule has 0 radical (unpaired) electrons. The summed E-state index contributed by atoms with van der Waals surface area (Å²) in [6.45, 7) is 3.33. The second-order valence-corrected chi connectivity index (χ2v) is 9.16. The third kappa shape index (κ3) is 4.49. The maximum atomic E-state index is 13.5. The van der Waals surface area contributed by atoms with E-state index in [1.165, 1.54) is 12.3 Å². The van der Waals surface area contributed by atoms with Gasteiger partial charge in [-0.2, -0.15) is 13.2 Å². The third-order valence-corrected chi connectivity index (χ3v) is 6.59. The van der Waals surface area contributed by atoms with Gasteiger partial charge in [-0.15, -0.1) is 0 Å². The molecule has 1 saturated carbocycles. The van der Waals surface area contributed by atoms with Crippen LogP contribution in [0.5, 0.6) is 0 Å². The summed E-state index contributed by atoms with van der Waals surface area (Å²) >= 11 is 0. The number of piperidine rings is 1. The van der Waals surface area contributed by atoms with Crippen LogP contribution in [0.2, 0.25) is 0 Å². The fourth-order valence-corrected chi connectivity index (χ4v) is 5.05. The number of nitrogens with two attached hydrogens (primary N) is 1. The van der Waals surface area contributed by atoms with Gasteiger partial charge in [0.25, 0.3) is 0 Å². The van der Waals surface area contributed by atoms with Crippen LogP contribution in [0.15, 0.2) is 30.5 Å². The molecule has 1 aromatic heterocycles. The van der Waals surface area contributed by atoms with E-state index >= 15 is 0 Å². The van der Waals surface area contributed by atoms with Crippen molar-refractivity contribution < 1.29 is 18.0 Å². The number of hydrogen-bond donors (Lipinski definition) is 2. The Bertz CT molecular complexity index is 955. The van der Waals surface area contributed by atoms with E-state index in [1.807, 2.05) is 0 Å². The minimum atomic E-state index is -4.47. The Morgan fingerprint density at radius 2 is 1.94 bits per heavy atom. The molecule has 2 fully saturated rings. The SMILES string of the molecule is C[C@H]1C[C@@H](NC(=O)C2(N)CCCCC2)CN(c2ccc(C(F)(F)F)c3ncccc23)C1. The number of pyridine rings is 1. The molecule has 31 heavy (non-hydrogen) atoms. The smallest absolute Gasteiger partial charge is 0.369 e. The van der Waals surface area contributed by atoms with Crippen molar-refractivity contribution in [1.82, 2.24) is 10.3 Å². The molecule has 1 amide bonds. The third-order valence-electron chi connectivity index (χ3n) is 6.59. The predicted octanol–water partition coefficient (Wildman–Crippen LogP) is 4.25. The zero-order valence-electron chi connectivity index (χ0n) is 17.7. The molecular weight excluding hydrogens is 405 g/mol. The highest BCUT2D eigenvalue weighted by Gasteiger charge is 2.38. The first-order chi connectivity index (χ1) is 14.7. The molecule has 1 aliphatic carbocycles. The molecule has 2 heterocycles. The van der Waals surface area contributed by atoms with Crippen LogP contribution in [0.25, 0.3) is 10.9 Å². The first-order valence-corrected chi connectivity index (χ1v) is 11.0. The quantitative estimate of drug-likeness (QED) is 0.758. The summed E-state index contributed by atoms with van der Waals surface area (Å²) in [4.78, 5) is 19.0. The molecule has 1 aromatic carbocycles. The molecule has 0 bridgehead atoms. The molecule has 168 valence electrons. The minimum absolute atomic E-state index is 0.0468. The Kier molecular flexibility index (Phi) is 5.85. The van der Waals surface area contributed by atoms with Crippen molar-refractivity contribution in [3.63, 3.8) is 0 Å². The van der Waals surface area contributed by atoms with Crippen LogP contribution < -0.4 is 16.0 Å². The fourth-order valence-electron chi connectivity index (χ4n) is 5.05. The van der Waals surface area contributed by atoms with Crippen LogP contribution in [0.1, 0.15) is 51.0 Å². The number of nitrogens with zero attached hydrogens (tertiary/aromatic N) is 2. The number of hydrogen-bond acceptors (Lipinski definition) is 4. The number of nitrogens with one attached hydrogen (secondary N) is 1. The Morgan fingerprint density at radius 1 is 1.19 bits per heavy atom. The molecule has 2 aliphatic rings. The largest absolute Gasteiger partial charge is 0.418 e. The molecule has 8 heteroatoms. The minimum Gasteiger partial charge on any atom is -0.369 e. The van der Waals surface area contributed by atoms with Gasteiger partial charge in [0.05, 0.1) is 16.6 Å². The molecule has 0 unspecified atom stereocenters. The van der Waals surface area contributed by atoms with Gasteiger partial charge in [-0.25, -0.2) is 0 Å². The van der Waals surface area contributed by atoms with E-state index in [-0.39, 0.29) is 23.4 Å². The number of rotatable bonds is 3. The van der Waals surface area contributed by atoms with Gasteiger partial charge in [-0.05, 0) is 49.4 Å². The molecule has 0 spiro atoms. The Hall–Kier alpha value is -2.35. The van der Waals surface area contributed by atoms with Gasteiger partial charge < -0.3 is 16.0 Å². The van der Waals surface area contributed by atoms with Crippen molar-refractivity contribution in [1.29, 1.82) is 0 Å². The molecular formula is C23H29F3N4O. The van der Waals surface area contributed by atoms with Gasteiger partial charge in [-0.3, -0.25) is 9.78 Å². The number of aromatic nitrogens is 1. The number of carbonyl (C=O) groups is 1. The van der Waals surface area contributed by atoms with Crippen molar-refractivity contribution in [3.8, 4) is 0 Å². The second kappa shape index (κ2) is 8.30. The van der Waals surface area contributed by atoms with Gasteiger partial charge in [-0.1, -0.05) is 26.2 Å². The summed E-state index contributed by atoms with van der Waals surface area (Å²) in [6, 6.07) is 5.85. The summed E-state index contributed by atoms with van der Waals surface area (Å²) in [5.41, 5.74) is 5.51. The van der Waals surface area contributed by atoms with Crippen LogP contribution in [-0.2, 0) is 11.0 Å². The van der Waals surface area contributed by atoms with Crippen LogP contribution in [0.4, 0.5) is 18.9 Å². The van der Waals surface area contributed by atoms with Crippen molar-refractivity contribution in [2.75, 3.05) is 18.0 Å². The molecule has 3 N–H and O–H groups in total. The molecule has 1 saturated heterocycles. The predicted molar refractivity (Wildman–Crippen MR) is 115 cm³/mol. The number of amides is 1. The van der Waals surface area contributed by atoms with E-state index in [1.54, 1.807) is 12.1 Å². The van der Waals surface area contributed by atoms with Crippen LogP contribution in [-0.4, -0.2) is 35.6 Å². The van der Waals surface area contributed by atoms with Crippen LogP contribution in [0, 0.1) is 5.92 Å². The monoisotopic (exact) mass is 434 g/mol. The highest BCUT2D eigenvalue weighted by molar-refractivity contribution is 5.94. The first-order valence-electron chi connectivity index (χ1n) is 11.0. The number of anilines is 1. The van der Waals surface area contributed by atoms with Crippen molar-refractivity contribution in [3.05, 3.63) is 36.0 Å². The Morgan fingerprint density at radius 3 is 2.65 bits per heavy atom. The highest BCUT2D eigenvalue weighted by Crippen LogP contribution is 2.38. The van der Waals surface area contributed by atoms with Crippen LogP contribution in [0.3, 0.4) is 0 Å². The molecule has 4 rings (SSSR count).